The van der Waals surface area contributed by atoms with Crippen molar-refractivity contribution in [2.45, 2.75) is 6.92 Å². The first-order chi connectivity index (χ1) is 11.5. The molecule has 8 nitrogen and oxygen atoms in total. The Morgan fingerprint density at radius 1 is 1.29 bits per heavy atom. The first-order valence-corrected chi connectivity index (χ1v) is 7.44. The number of morpholine rings is 1. The number of amides is 1. The highest BCUT2D eigenvalue weighted by atomic mass is 19.1. The number of nitrogens with one attached hydrogen (secondary N) is 1. The van der Waals surface area contributed by atoms with Crippen LogP contribution in [0.15, 0.2) is 18.2 Å². The van der Waals surface area contributed by atoms with Crippen molar-refractivity contribution in [2.75, 3.05) is 42.3 Å². The monoisotopic (exact) mass is 332 g/mol. The summed E-state index contributed by atoms with van der Waals surface area (Å²) >= 11 is 0. The van der Waals surface area contributed by atoms with E-state index in [1.165, 1.54) is 12.1 Å². The summed E-state index contributed by atoms with van der Waals surface area (Å²) in [6.45, 7) is 4.07. The van der Waals surface area contributed by atoms with Gasteiger partial charge in [0.25, 0.3) is 5.91 Å². The third-order valence-electron chi connectivity index (χ3n) is 3.51. The average molecular weight is 332 g/mol. The second kappa shape index (κ2) is 6.75. The number of hydrogen-bond donors (Lipinski definition) is 2. The Balaban J connectivity index is 1.84. The summed E-state index contributed by atoms with van der Waals surface area (Å²) in [5, 5.41) is 2.46. The minimum Gasteiger partial charge on any atom is -0.378 e. The van der Waals surface area contributed by atoms with Crippen LogP contribution in [-0.4, -0.2) is 47.2 Å². The molecule has 0 radical (unpaired) electrons. The van der Waals surface area contributed by atoms with Crippen molar-refractivity contribution in [3.63, 3.8) is 0 Å². The van der Waals surface area contributed by atoms with E-state index >= 15 is 0 Å². The standard InChI is InChI=1S/C15H17FN6O2/c1-9-2-3-10(16)11(8-9)18-13(23)12-19-14(17)21-15(20-12)22-4-6-24-7-5-22/h2-3,8H,4-7H2,1H3,(H,18,23)(H2,17,19,20,21). The number of ether oxygens (including phenoxy) is 1. The maximum Gasteiger partial charge on any atom is 0.293 e. The third kappa shape index (κ3) is 3.57. The van der Waals surface area contributed by atoms with Crippen molar-refractivity contribution in [3.05, 3.63) is 35.4 Å². The molecule has 2 heterocycles. The minimum atomic E-state index is -0.650. The van der Waals surface area contributed by atoms with Gasteiger partial charge < -0.3 is 20.7 Å². The van der Waals surface area contributed by atoms with Crippen molar-refractivity contribution in [1.82, 2.24) is 15.0 Å². The molecule has 1 aromatic carbocycles. The Hall–Kier alpha value is -2.81. The minimum absolute atomic E-state index is 0.0620. The molecule has 2 aromatic rings. The molecular formula is C15H17FN6O2. The van der Waals surface area contributed by atoms with E-state index in [9.17, 15) is 9.18 Å². The van der Waals surface area contributed by atoms with E-state index in [2.05, 4.69) is 20.3 Å². The van der Waals surface area contributed by atoms with Crippen LogP contribution < -0.4 is 16.0 Å². The van der Waals surface area contributed by atoms with E-state index in [1.807, 2.05) is 4.90 Å². The number of rotatable bonds is 3. The number of halogens is 1. The lowest BCUT2D eigenvalue weighted by atomic mass is 10.2. The van der Waals surface area contributed by atoms with E-state index in [4.69, 9.17) is 10.5 Å². The molecule has 0 saturated carbocycles. The zero-order chi connectivity index (χ0) is 17.1. The molecule has 1 fully saturated rings. The third-order valence-corrected chi connectivity index (χ3v) is 3.51. The van der Waals surface area contributed by atoms with E-state index < -0.39 is 11.7 Å². The number of nitrogen functional groups attached to an aromatic ring is 1. The van der Waals surface area contributed by atoms with Crippen LogP contribution in [0.25, 0.3) is 0 Å². The molecular weight excluding hydrogens is 315 g/mol. The molecule has 3 rings (SSSR count). The lowest BCUT2D eigenvalue weighted by Crippen LogP contribution is -2.38. The van der Waals surface area contributed by atoms with Crippen LogP contribution in [0.2, 0.25) is 0 Å². The summed E-state index contributed by atoms with van der Waals surface area (Å²) in [5.41, 5.74) is 6.55. The predicted octanol–water partition coefficient (Wildman–Crippen LogP) is 0.990. The van der Waals surface area contributed by atoms with Crippen molar-refractivity contribution in [2.24, 2.45) is 0 Å². The van der Waals surface area contributed by atoms with Crippen molar-refractivity contribution in [3.8, 4) is 0 Å². The van der Waals surface area contributed by atoms with Crippen LogP contribution in [0.5, 0.6) is 0 Å². The summed E-state index contributed by atoms with van der Waals surface area (Å²) in [4.78, 5) is 26.2. The highest BCUT2D eigenvalue weighted by Crippen LogP contribution is 2.17. The second-order valence-electron chi connectivity index (χ2n) is 5.35. The van der Waals surface area contributed by atoms with Crippen LogP contribution >= 0.6 is 0 Å². The van der Waals surface area contributed by atoms with Gasteiger partial charge >= 0.3 is 0 Å². The Morgan fingerprint density at radius 2 is 2.04 bits per heavy atom. The van der Waals surface area contributed by atoms with Gasteiger partial charge in [-0.15, -0.1) is 0 Å². The van der Waals surface area contributed by atoms with Gasteiger partial charge in [-0.2, -0.15) is 15.0 Å². The fourth-order valence-corrected chi connectivity index (χ4v) is 2.30. The SMILES string of the molecule is Cc1ccc(F)c(NC(=O)c2nc(N)nc(N3CCOCC3)n2)c1. The maximum atomic E-state index is 13.8. The van der Waals surface area contributed by atoms with Gasteiger partial charge in [0.15, 0.2) is 0 Å². The Morgan fingerprint density at radius 3 is 2.79 bits per heavy atom. The van der Waals surface area contributed by atoms with Crippen LogP contribution in [0.3, 0.4) is 0 Å². The number of anilines is 3. The number of nitrogens with zero attached hydrogens (tertiary/aromatic N) is 4. The Labute approximate surface area is 137 Å². The summed E-state index contributed by atoms with van der Waals surface area (Å²) in [5.74, 6) is -1.11. The van der Waals surface area contributed by atoms with E-state index in [-0.39, 0.29) is 17.5 Å². The number of nitrogens with two attached hydrogens (primary N) is 1. The van der Waals surface area contributed by atoms with Crippen molar-refractivity contribution in [1.29, 1.82) is 0 Å². The fourth-order valence-electron chi connectivity index (χ4n) is 2.30. The molecule has 1 aliphatic heterocycles. The normalized spacial score (nSPS) is 14.5. The van der Waals surface area contributed by atoms with E-state index in [0.29, 0.717) is 32.3 Å². The number of benzene rings is 1. The maximum absolute atomic E-state index is 13.8. The summed E-state index contributed by atoms with van der Waals surface area (Å²) < 4.78 is 19.0. The van der Waals surface area contributed by atoms with Gasteiger partial charge in [-0.25, -0.2) is 4.39 Å². The topological polar surface area (TPSA) is 106 Å². The Bertz CT molecular complexity index is 764. The van der Waals surface area contributed by atoms with Crippen LogP contribution in [-0.2, 0) is 4.74 Å². The van der Waals surface area contributed by atoms with Gasteiger partial charge in [-0.3, -0.25) is 4.79 Å². The molecule has 1 saturated heterocycles. The van der Waals surface area contributed by atoms with Gasteiger partial charge in [-0.05, 0) is 24.6 Å². The number of aryl methyl sites for hydroxylation is 1. The molecule has 24 heavy (non-hydrogen) atoms. The number of carbonyl (C=O) groups excluding carboxylic acids is 1. The highest BCUT2D eigenvalue weighted by Gasteiger charge is 2.19. The van der Waals surface area contributed by atoms with Gasteiger partial charge in [0.05, 0.1) is 18.9 Å². The molecule has 0 bridgehead atoms. The summed E-state index contributed by atoms with van der Waals surface area (Å²) in [6, 6.07) is 4.43. The zero-order valence-corrected chi connectivity index (χ0v) is 13.1. The van der Waals surface area contributed by atoms with Crippen molar-refractivity contribution >= 4 is 23.5 Å². The molecule has 0 aliphatic carbocycles. The van der Waals surface area contributed by atoms with Gasteiger partial charge in [0.1, 0.15) is 5.82 Å². The molecule has 3 N–H and O–H groups in total. The van der Waals surface area contributed by atoms with Gasteiger partial charge in [0, 0.05) is 13.1 Å². The van der Waals surface area contributed by atoms with Crippen molar-refractivity contribution < 1.29 is 13.9 Å². The molecule has 1 aromatic heterocycles. The fraction of sp³-hybridized carbons (Fsp3) is 0.333. The molecule has 0 atom stereocenters. The van der Waals surface area contributed by atoms with Gasteiger partial charge in [0.2, 0.25) is 17.7 Å². The lowest BCUT2D eigenvalue weighted by Gasteiger charge is -2.26. The smallest absolute Gasteiger partial charge is 0.293 e. The van der Waals surface area contributed by atoms with E-state index in [1.54, 1.807) is 13.0 Å². The van der Waals surface area contributed by atoms with Crippen LogP contribution in [0.1, 0.15) is 16.2 Å². The highest BCUT2D eigenvalue weighted by molar-refractivity contribution is 6.02. The summed E-state index contributed by atoms with van der Waals surface area (Å²) in [6.07, 6.45) is 0. The van der Waals surface area contributed by atoms with Crippen LogP contribution in [0.4, 0.5) is 22.0 Å². The lowest BCUT2D eigenvalue weighted by molar-refractivity contribution is 0.101. The quantitative estimate of drug-likeness (QED) is 0.863. The molecule has 0 spiro atoms. The molecule has 126 valence electrons. The number of hydrogen-bond acceptors (Lipinski definition) is 7. The largest absolute Gasteiger partial charge is 0.378 e. The summed E-state index contributed by atoms with van der Waals surface area (Å²) in [7, 11) is 0. The second-order valence-corrected chi connectivity index (χ2v) is 5.35. The first-order valence-electron chi connectivity index (χ1n) is 7.44. The molecule has 1 aliphatic rings. The zero-order valence-electron chi connectivity index (χ0n) is 13.1. The predicted molar refractivity (Wildman–Crippen MR) is 86.4 cm³/mol. The molecule has 1 amide bonds. The average Bonchev–Trinajstić information content (AvgIpc) is 2.58. The first kappa shape index (κ1) is 16.1. The molecule has 0 unspecified atom stereocenters. The van der Waals surface area contributed by atoms with E-state index in [0.717, 1.165) is 5.56 Å². The number of carbonyl (C=O) groups is 1. The van der Waals surface area contributed by atoms with Crippen LogP contribution in [0, 0.1) is 12.7 Å². The Kier molecular flexibility index (Phi) is 4.52. The molecule has 9 heteroatoms. The number of aromatic nitrogens is 3. The van der Waals surface area contributed by atoms with Gasteiger partial charge in [-0.1, -0.05) is 6.07 Å².